The number of ether oxygens (including phenoxy) is 6. The summed E-state index contributed by atoms with van der Waals surface area (Å²) in [5.41, 5.74) is 0. The third-order valence-corrected chi connectivity index (χ3v) is 22.9. The number of carboxylic acid groups (broad SMARTS) is 1. The predicted molar refractivity (Wildman–Crippen MR) is 435 cm³/mol. The minimum absolute atomic E-state index is 0.226. The van der Waals surface area contributed by atoms with Crippen molar-refractivity contribution in [1.29, 1.82) is 0 Å². The average molecular weight is 1590 g/mol. The van der Waals surface area contributed by atoms with Crippen molar-refractivity contribution in [3.05, 3.63) is 24.3 Å². The van der Waals surface area contributed by atoms with Gasteiger partial charge in [-0.1, -0.05) is 340 Å². The Morgan fingerprint density at radius 3 is 1.26 bits per heavy atom. The second-order valence-corrected chi connectivity index (χ2v) is 32.8. The number of amides is 2. The van der Waals surface area contributed by atoms with Crippen LogP contribution in [0.4, 0.5) is 0 Å². The maximum Gasteiger partial charge on any atom is 0.364 e. The molecule has 3 aliphatic rings. The summed E-state index contributed by atoms with van der Waals surface area (Å²) < 4.78 is 35.1. The predicted octanol–water partition coefficient (Wildman–Crippen LogP) is 14.3. The number of allylic oxidation sites excluding steroid dienone is 4. The molecule has 3 aliphatic heterocycles. The number of aliphatic hydroxyl groups excluding tert-OH is 11. The molecule has 23 nitrogen and oxygen atoms in total. The summed E-state index contributed by atoms with van der Waals surface area (Å²) in [4.78, 5) is 38.8. The second-order valence-electron chi connectivity index (χ2n) is 32.8. The van der Waals surface area contributed by atoms with Gasteiger partial charge in [0, 0.05) is 19.8 Å². The Morgan fingerprint density at radius 2 is 0.865 bits per heavy atom. The van der Waals surface area contributed by atoms with Gasteiger partial charge in [0.05, 0.1) is 50.7 Å². The Bertz CT molecular complexity index is 2290. The number of nitrogens with one attached hydrogen (secondary N) is 2. The SMILES string of the molecule is CCCCCCCCCCCCC/C=C\C/C=C\CCCCCCCCCCCCCCCCCCCC(=O)NC(COC1OC(CO)C(OC2OC(CO)C(O)C(OC3(C(=O)O)CC(O)C(NC(C)=O)C(C(O)C(O)CO)O3)C2O)C(O)C1O)C(O)CCCCCCCCCCCCCCCCCCCCCCCC. The number of carbonyl (C=O) groups is 3. The van der Waals surface area contributed by atoms with Crippen molar-refractivity contribution in [3.63, 3.8) is 0 Å². The van der Waals surface area contributed by atoms with Crippen LogP contribution in [0.2, 0.25) is 0 Å². The van der Waals surface area contributed by atoms with Crippen molar-refractivity contribution in [2.24, 2.45) is 0 Å². The van der Waals surface area contributed by atoms with E-state index in [1.807, 2.05) is 0 Å². The summed E-state index contributed by atoms with van der Waals surface area (Å²) in [5, 5.41) is 137. The lowest BCUT2D eigenvalue weighted by atomic mass is 9.88. The van der Waals surface area contributed by atoms with Crippen LogP contribution in [-0.2, 0) is 42.8 Å². The molecule has 652 valence electrons. The molecule has 0 saturated carbocycles. The number of rotatable bonds is 73. The van der Waals surface area contributed by atoms with Gasteiger partial charge in [0.25, 0.3) is 5.79 Å². The number of carbonyl (C=O) groups excluding carboxylic acids is 2. The van der Waals surface area contributed by atoms with Gasteiger partial charge in [-0.3, -0.25) is 9.59 Å². The molecule has 23 heteroatoms. The van der Waals surface area contributed by atoms with E-state index >= 15 is 0 Å². The number of hydrogen-bond donors (Lipinski definition) is 14. The molecule has 0 radical (unpaired) electrons. The van der Waals surface area contributed by atoms with Gasteiger partial charge in [-0.25, -0.2) is 4.79 Å². The van der Waals surface area contributed by atoms with Gasteiger partial charge >= 0.3 is 5.97 Å². The fourth-order valence-electron chi connectivity index (χ4n) is 15.8. The second kappa shape index (κ2) is 66.2. The summed E-state index contributed by atoms with van der Waals surface area (Å²) in [6, 6.07) is -2.53. The van der Waals surface area contributed by atoms with Crippen LogP contribution in [0.15, 0.2) is 24.3 Å². The zero-order valence-electron chi connectivity index (χ0n) is 69.6. The van der Waals surface area contributed by atoms with Gasteiger partial charge in [-0.15, -0.1) is 0 Å². The molecular weight excluding hydrogens is 1420 g/mol. The highest BCUT2D eigenvalue weighted by Crippen LogP contribution is 2.39. The third kappa shape index (κ3) is 45.1. The number of carboxylic acids is 1. The molecule has 2 amide bonds. The van der Waals surface area contributed by atoms with E-state index in [0.29, 0.717) is 19.3 Å². The van der Waals surface area contributed by atoms with E-state index in [1.165, 1.54) is 270 Å². The molecule has 3 fully saturated rings. The summed E-state index contributed by atoms with van der Waals surface area (Å²) in [6.07, 6.45) is 47.5. The lowest BCUT2D eigenvalue weighted by molar-refractivity contribution is -0.386. The molecule has 3 rings (SSSR count). The molecule has 0 spiro atoms. The van der Waals surface area contributed by atoms with Gasteiger partial charge in [0.1, 0.15) is 67.1 Å². The van der Waals surface area contributed by atoms with Crippen LogP contribution in [-0.4, -0.2) is 215 Å². The van der Waals surface area contributed by atoms with E-state index in [1.54, 1.807) is 0 Å². The summed E-state index contributed by atoms with van der Waals surface area (Å²) in [7, 11) is 0. The van der Waals surface area contributed by atoms with E-state index in [9.17, 15) is 75.7 Å². The average Bonchev–Trinajstić information content (AvgIpc) is 0.753. The van der Waals surface area contributed by atoms with Gasteiger partial charge in [0.15, 0.2) is 12.6 Å². The first-order chi connectivity index (χ1) is 53.9. The van der Waals surface area contributed by atoms with Gasteiger partial charge in [0.2, 0.25) is 11.8 Å². The first-order valence-electron chi connectivity index (χ1n) is 45.2. The Labute approximate surface area is 670 Å². The molecule has 14 N–H and O–H groups in total. The molecule has 0 bridgehead atoms. The van der Waals surface area contributed by atoms with Crippen molar-refractivity contribution in [2.75, 3.05) is 26.4 Å². The standard InChI is InChI=1S/C88H164N2O21/c1-4-6-8-10-12-14-16-18-20-22-24-26-28-29-30-31-32-33-34-35-36-37-38-39-40-42-44-46-48-50-52-54-56-58-60-62-75(98)90-69(70(95)61-59-57-55-53-51-49-47-45-43-41-27-25-23-21-19-17-15-13-11-9-7-5-2)67-106-85-80(102)79(101)82(74(66-93)108-85)109-86-81(103)84(78(100)73(65-92)107-86)111-88(87(104)105)63-71(96)76(89-68(3)94)83(110-88)77(99)72(97)64-91/h28-29,31-32,69-74,76-86,91-93,95-97,99-103H,4-27,30,33-67H2,1-3H3,(H,89,94)(H,90,98)(H,104,105)/b29-28-,32-31-. The minimum atomic E-state index is -3.08. The molecule has 0 aromatic rings. The Balaban J connectivity index is 1.43. The fourth-order valence-corrected chi connectivity index (χ4v) is 15.8. The zero-order valence-corrected chi connectivity index (χ0v) is 69.6. The Kier molecular flexibility index (Phi) is 61.0. The maximum atomic E-state index is 13.6. The van der Waals surface area contributed by atoms with Crippen LogP contribution >= 0.6 is 0 Å². The molecule has 18 atom stereocenters. The molecule has 0 aromatic carbocycles. The Hall–Kier alpha value is -2.79. The van der Waals surface area contributed by atoms with Crippen LogP contribution in [0.1, 0.15) is 380 Å². The normalized spacial score (nSPS) is 25.5. The van der Waals surface area contributed by atoms with Crippen LogP contribution in [0.3, 0.4) is 0 Å². The lowest BCUT2D eigenvalue weighted by Crippen LogP contribution is -2.70. The van der Waals surface area contributed by atoms with Crippen LogP contribution in [0, 0.1) is 0 Å². The van der Waals surface area contributed by atoms with E-state index < -0.39 is 148 Å². The molecule has 0 aromatic heterocycles. The third-order valence-electron chi connectivity index (χ3n) is 22.9. The monoisotopic (exact) mass is 1590 g/mol. The summed E-state index contributed by atoms with van der Waals surface area (Å²) >= 11 is 0. The minimum Gasteiger partial charge on any atom is -0.477 e. The zero-order chi connectivity index (χ0) is 81.0. The highest BCUT2D eigenvalue weighted by Gasteiger charge is 2.60. The maximum absolute atomic E-state index is 13.6. The van der Waals surface area contributed by atoms with Crippen molar-refractivity contribution in [3.8, 4) is 0 Å². The van der Waals surface area contributed by atoms with Crippen molar-refractivity contribution >= 4 is 17.8 Å². The van der Waals surface area contributed by atoms with Crippen LogP contribution < -0.4 is 10.6 Å². The van der Waals surface area contributed by atoms with E-state index in [-0.39, 0.29) is 18.9 Å². The molecular formula is C88H164N2O21. The van der Waals surface area contributed by atoms with E-state index in [4.69, 9.17) is 28.4 Å². The summed E-state index contributed by atoms with van der Waals surface area (Å²) in [6.45, 7) is 2.28. The van der Waals surface area contributed by atoms with Gasteiger partial charge < -0.3 is 100 Å². The number of aliphatic carboxylic acids is 1. The topological polar surface area (TPSA) is 373 Å². The first-order valence-corrected chi connectivity index (χ1v) is 45.2. The number of unbranched alkanes of at least 4 members (excludes halogenated alkanes) is 49. The fraction of sp³-hybridized carbons (Fsp3) is 0.920. The van der Waals surface area contributed by atoms with Crippen molar-refractivity contribution < 1.29 is 104 Å². The lowest BCUT2D eigenvalue weighted by Gasteiger charge is -2.50. The summed E-state index contributed by atoms with van der Waals surface area (Å²) in [5.74, 6) is -6.09. The van der Waals surface area contributed by atoms with Crippen molar-refractivity contribution in [1.82, 2.24) is 10.6 Å². The molecule has 3 heterocycles. The quantitative estimate of drug-likeness (QED) is 0.0199. The van der Waals surface area contributed by atoms with Crippen LogP contribution in [0.5, 0.6) is 0 Å². The molecule has 18 unspecified atom stereocenters. The largest absolute Gasteiger partial charge is 0.477 e. The highest BCUT2D eigenvalue weighted by molar-refractivity contribution is 5.77. The van der Waals surface area contributed by atoms with Gasteiger partial charge in [-0.2, -0.15) is 0 Å². The first kappa shape index (κ1) is 102. The number of aliphatic hydroxyl groups is 11. The van der Waals surface area contributed by atoms with Gasteiger partial charge in [-0.05, 0) is 44.9 Å². The van der Waals surface area contributed by atoms with Crippen LogP contribution in [0.25, 0.3) is 0 Å². The number of hydrogen-bond acceptors (Lipinski definition) is 20. The molecule has 111 heavy (non-hydrogen) atoms. The molecule has 0 aliphatic carbocycles. The highest BCUT2D eigenvalue weighted by atomic mass is 16.8. The Morgan fingerprint density at radius 1 is 0.468 bits per heavy atom. The molecule has 3 saturated heterocycles. The van der Waals surface area contributed by atoms with E-state index in [2.05, 4.69) is 48.8 Å². The smallest absolute Gasteiger partial charge is 0.364 e. The van der Waals surface area contributed by atoms with Crippen molar-refractivity contribution in [2.45, 2.75) is 490 Å². The van der Waals surface area contributed by atoms with E-state index in [0.717, 1.165) is 64.7 Å².